The van der Waals surface area contributed by atoms with Gasteiger partial charge in [-0.15, -0.1) is 0 Å². The van der Waals surface area contributed by atoms with Crippen molar-refractivity contribution in [1.82, 2.24) is 24.9 Å². The molecule has 1 amide bonds. The third-order valence-corrected chi connectivity index (χ3v) is 2.81. The molecular weight excluding hydrogens is 298 g/mol. The van der Waals surface area contributed by atoms with E-state index in [4.69, 9.17) is 0 Å². The lowest BCUT2D eigenvalue weighted by molar-refractivity contribution is -0.121. The van der Waals surface area contributed by atoms with Gasteiger partial charge in [0.2, 0.25) is 5.91 Å². The molecule has 7 heteroatoms. The van der Waals surface area contributed by atoms with Gasteiger partial charge in [0.05, 0.1) is 22.9 Å². The highest BCUT2D eigenvalue weighted by Gasteiger charge is 2.04. The Morgan fingerprint density at radius 2 is 2.39 bits per heavy atom. The predicted molar refractivity (Wildman–Crippen MR) is 69.6 cm³/mol. The van der Waals surface area contributed by atoms with Crippen molar-refractivity contribution in [3.05, 3.63) is 34.8 Å². The van der Waals surface area contributed by atoms with Crippen LogP contribution in [0.25, 0.3) is 0 Å². The Labute approximate surface area is 113 Å². The molecule has 0 spiro atoms. The lowest BCUT2D eigenvalue weighted by Crippen LogP contribution is -2.24. The summed E-state index contributed by atoms with van der Waals surface area (Å²) in [7, 11) is 1.85. The van der Waals surface area contributed by atoms with Crippen molar-refractivity contribution in [3.63, 3.8) is 0 Å². The van der Waals surface area contributed by atoms with Gasteiger partial charge in [0.25, 0.3) is 0 Å². The number of nitrogens with zero attached hydrogens (tertiary/aromatic N) is 4. The Morgan fingerprint density at radius 3 is 3.00 bits per heavy atom. The maximum atomic E-state index is 11.6. The summed E-state index contributed by atoms with van der Waals surface area (Å²) < 4.78 is 4.35. The summed E-state index contributed by atoms with van der Waals surface area (Å²) >= 11 is 3.31. The van der Waals surface area contributed by atoms with Gasteiger partial charge >= 0.3 is 0 Å². The third-order valence-electron chi connectivity index (χ3n) is 2.41. The van der Waals surface area contributed by atoms with E-state index >= 15 is 0 Å². The highest BCUT2D eigenvalue weighted by Crippen LogP contribution is 2.06. The minimum absolute atomic E-state index is 0.00715. The summed E-state index contributed by atoms with van der Waals surface area (Å²) in [6.45, 7) is 1.03. The van der Waals surface area contributed by atoms with Crippen molar-refractivity contribution >= 4 is 21.8 Å². The van der Waals surface area contributed by atoms with Crippen molar-refractivity contribution in [2.75, 3.05) is 0 Å². The van der Waals surface area contributed by atoms with Gasteiger partial charge in [-0.05, 0) is 22.0 Å². The molecule has 6 nitrogen and oxygen atoms in total. The first-order valence-electron chi connectivity index (χ1n) is 5.56. The largest absolute Gasteiger partial charge is 0.350 e. The topological polar surface area (TPSA) is 64.7 Å². The number of rotatable bonds is 5. The zero-order valence-electron chi connectivity index (χ0n) is 10.0. The zero-order chi connectivity index (χ0) is 13.0. The first kappa shape index (κ1) is 12.8. The molecule has 2 aromatic rings. The highest BCUT2D eigenvalue weighted by atomic mass is 79.9. The summed E-state index contributed by atoms with van der Waals surface area (Å²) in [6, 6.07) is 1.88. The van der Waals surface area contributed by atoms with Crippen LogP contribution >= 0.6 is 15.9 Å². The van der Waals surface area contributed by atoms with Gasteiger partial charge in [-0.3, -0.25) is 14.2 Å². The summed E-state index contributed by atoms with van der Waals surface area (Å²) in [6.07, 6.45) is 5.79. The predicted octanol–water partition coefficient (Wildman–Crippen LogP) is 1.09. The number of aryl methyl sites for hydroxylation is 2. The number of aromatic nitrogens is 4. The Kier molecular flexibility index (Phi) is 4.14. The minimum atomic E-state index is -0.00715. The maximum absolute atomic E-state index is 11.6. The van der Waals surface area contributed by atoms with E-state index in [-0.39, 0.29) is 5.91 Å². The number of carbonyl (C=O) groups excluding carboxylic acids is 1. The van der Waals surface area contributed by atoms with Crippen LogP contribution < -0.4 is 5.32 Å². The van der Waals surface area contributed by atoms with E-state index in [1.165, 1.54) is 0 Å². The van der Waals surface area contributed by atoms with Crippen molar-refractivity contribution in [2.24, 2.45) is 7.05 Å². The lowest BCUT2D eigenvalue weighted by Gasteiger charge is -2.03. The van der Waals surface area contributed by atoms with Crippen molar-refractivity contribution in [3.8, 4) is 0 Å². The average molecular weight is 312 g/mol. The maximum Gasteiger partial charge on any atom is 0.222 e. The molecule has 18 heavy (non-hydrogen) atoms. The first-order valence-corrected chi connectivity index (χ1v) is 6.36. The molecule has 0 saturated carbocycles. The van der Waals surface area contributed by atoms with Crippen molar-refractivity contribution in [1.29, 1.82) is 0 Å². The summed E-state index contributed by atoms with van der Waals surface area (Å²) in [4.78, 5) is 11.6. The van der Waals surface area contributed by atoms with Gasteiger partial charge in [-0.2, -0.15) is 10.2 Å². The normalized spacial score (nSPS) is 10.6. The second-order valence-electron chi connectivity index (χ2n) is 3.93. The number of amides is 1. The van der Waals surface area contributed by atoms with E-state index in [0.29, 0.717) is 19.5 Å². The summed E-state index contributed by atoms with van der Waals surface area (Å²) in [5.41, 5.74) is 0.854. The number of hydrogen-bond donors (Lipinski definition) is 1. The molecule has 96 valence electrons. The fourth-order valence-corrected chi connectivity index (χ4v) is 1.84. The van der Waals surface area contributed by atoms with Crippen LogP contribution in [0.5, 0.6) is 0 Å². The van der Waals surface area contributed by atoms with Gasteiger partial charge in [0, 0.05) is 32.4 Å². The van der Waals surface area contributed by atoms with E-state index in [2.05, 4.69) is 31.4 Å². The quantitative estimate of drug-likeness (QED) is 0.899. The molecule has 0 aliphatic carbocycles. The molecule has 0 saturated heterocycles. The fraction of sp³-hybridized carbons (Fsp3) is 0.364. The lowest BCUT2D eigenvalue weighted by atomic mass is 10.3. The first-order chi connectivity index (χ1) is 8.63. The molecule has 2 heterocycles. The van der Waals surface area contributed by atoms with Crippen LogP contribution in [0.2, 0.25) is 0 Å². The van der Waals surface area contributed by atoms with Gasteiger partial charge in [-0.25, -0.2) is 0 Å². The van der Waals surface area contributed by atoms with Crippen LogP contribution in [0.1, 0.15) is 12.1 Å². The molecule has 0 bridgehead atoms. The molecule has 2 aromatic heterocycles. The molecule has 2 rings (SSSR count). The Morgan fingerprint density at radius 1 is 1.56 bits per heavy atom. The Balaban J connectivity index is 1.72. The Hall–Kier alpha value is -1.63. The highest BCUT2D eigenvalue weighted by molar-refractivity contribution is 9.10. The standard InChI is InChI=1S/C11H14BrN5O/c1-16-4-2-10(15-16)7-13-11(18)3-5-17-8-9(12)6-14-17/h2,4,6,8H,3,5,7H2,1H3,(H,13,18). The Bertz CT molecular complexity index is 487. The van der Waals surface area contributed by atoms with E-state index in [1.807, 2.05) is 25.5 Å². The summed E-state index contributed by atoms with van der Waals surface area (Å²) in [5, 5.41) is 11.1. The number of nitrogens with one attached hydrogen (secondary N) is 1. The molecule has 0 unspecified atom stereocenters. The molecule has 0 radical (unpaired) electrons. The van der Waals surface area contributed by atoms with E-state index in [1.54, 1.807) is 15.6 Å². The van der Waals surface area contributed by atoms with E-state index < -0.39 is 0 Å². The monoisotopic (exact) mass is 311 g/mol. The molecule has 0 aromatic carbocycles. The van der Waals surface area contributed by atoms with Crippen LogP contribution in [-0.2, 0) is 24.9 Å². The van der Waals surface area contributed by atoms with Gasteiger partial charge < -0.3 is 5.32 Å². The van der Waals surface area contributed by atoms with Crippen molar-refractivity contribution in [2.45, 2.75) is 19.5 Å². The second kappa shape index (κ2) is 5.81. The smallest absolute Gasteiger partial charge is 0.222 e. The van der Waals surface area contributed by atoms with E-state index in [0.717, 1.165) is 10.2 Å². The van der Waals surface area contributed by atoms with Crippen LogP contribution in [0, 0.1) is 0 Å². The van der Waals surface area contributed by atoms with E-state index in [9.17, 15) is 4.79 Å². The second-order valence-corrected chi connectivity index (χ2v) is 4.84. The number of carbonyl (C=O) groups is 1. The molecule has 0 aliphatic heterocycles. The molecule has 0 aliphatic rings. The SMILES string of the molecule is Cn1ccc(CNC(=O)CCn2cc(Br)cn2)n1. The van der Waals surface area contributed by atoms with Gasteiger partial charge in [0.15, 0.2) is 0 Å². The average Bonchev–Trinajstić information content (AvgIpc) is 2.93. The number of hydrogen-bond acceptors (Lipinski definition) is 3. The van der Waals surface area contributed by atoms with Crippen molar-refractivity contribution < 1.29 is 4.79 Å². The number of halogens is 1. The van der Waals surface area contributed by atoms with Gasteiger partial charge in [-0.1, -0.05) is 0 Å². The van der Waals surface area contributed by atoms with Crippen LogP contribution in [0.15, 0.2) is 29.1 Å². The van der Waals surface area contributed by atoms with Gasteiger partial charge in [0.1, 0.15) is 0 Å². The van der Waals surface area contributed by atoms with Crippen LogP contribution in [-0.4, -0.2) is 25.5 Å². The molecular formula is C11H14BrN5O. The molecule has 1 N–H and O–H groups in total. The minimum Gasteiger partial charge on any atom is -0.350 e. The van der Waals surface area contributed by atoms with Crippen LogP contribution in [0.4, 0.5) is 0 Å². The third kappa shape index (κ3) is 3.69. The zero-order valence-corrected chi connectivity index (χ0v) is 11.6. The molecule has 0 fully saturated rings. The van der Waals surface area contributed by atoms with Crippen LogP contribution in [0.3, 0.4) is 0 Å². The molecule has 0 atom stereocenters. The summed E-state index contributed by atoms with van der Waals surface area (Å²) in [5.74, 6) is -0.00715. The fourth-order valence-electron chi connectivity index (χ4n) is 1.51.